The van der Waals surface area contributed by atoms with Crippen molar-refractivity contribution in [3.63, 3.8) is 0 Å². The fraction of sp³-hybridized carbons (Fsp3) is 0.333. The Balaban J connectivity index is 0.000000208. The standard InChI is InChI=1S/C12H14ClN3O4.C12H13N3O2/c13-12(15-6-3-7-17)9-4-1-2-5-10(9)14-8-11(12,18)16(19)20;1-2-5-9-8-6-3-4-7-10(8)14-12(13)11(9)15(16)17/h1-2,4-5,8,15,17-18H,3,6-7H2;3-4,6-7H,2,5H2,1H3,(H2,13,14). The second kappa shape index (κ2) is 11.6. The first kappa shape index (κ1) is 27.9. The monoisotopic (exact) mass is 530 g/mol. The number of aromatic nitrogens is 1. The number of aliphatic hydroxyl groups is 2. The summed E-state index contributed by atoms with van der Waals surface area (Å²) in [6.07, 6.45) is 2.63. The SMILES string of the molecule is CCCc1c([N+](=O)[O-])c(N)nc2ccccc12.O=[N+]([O-])C1(O)C=Nc2ccccc2C1(Cl)NCCCO. The van der Waals surface area contributed by atoms with Crippen LogP contribution in [-0.4, -0.2) is 50.1 Å². The van der Waals surface area contributed by atoms with Crippen LogP contribution in [0.2, 0.25) is 0 Å². The van der Waals surface area contributed by atoms with Gasteiger partial charge >= 0.3 is 11.4 Å². The van der Waals surface area contributed by atoms with Crippen LogP contribution in [0.15, 0.2) is 53.5 Å². The molecule has 3 aromatic rings. The molecule has 1 aromatic heterocycles. The highest BCUT2D eigenvalue weighted by molar-refractivity contribution is 6.26. The van der Waals surface area contributed by atoms with E-state index in [0.717, 1.165) is 18.0 Å². The minimum absolute atomic E-state index is 0.00264. The van der Waals surface area contributed by atoms with Crippen molar-refractivity contribution in [2.45, 2.75) is 36.9 Å². The molecule has 2 atom stereocenters. The van der Waals surface area contributed by atoms with Gasteiger partial charge in [0.2, 0.25) is 10.8 Å². The predicted molar refractivity (Wildman–Crippen MR) is 141 cm³/mol. The lowest BCUT2D eigenvalue weighted by molar-refractivity contribution is -0.608. The maximum Gasteiger partial charge on any atom is 0.395 e. The summed E-state index contributed by atoms with van der Waals surface area (Å²) in [6.45, 7) is 2.10. The van der Waals surface area contributed by atoms with Gasteiger partial charge in [0.1, 0.15) is 6.21 Å². The van der Waals surface area contributed by atoms with E-state index in [2.05, 4.69) is 15.3 Å². The number of para-hydroxylation sites is 2. The van der Waals surface area contributed by atoms with Crippen molar-refractivity contribution in [3.05, 3.63) is 79.9 Å². The van der Waals surface area contributed by atoms with E-state index in [-0.39, 0.29) is 24.7 Å². The number of nitrogens with two attached hydrogens (primary N) is 1. The lowest BCUT2D eigenvalue weighted by Gasteiger charge is -2.37. The molecule has 1 aliphatic heterocycles. The number of alkyl halides is 1. The number of hydrogen-bond donors (Lipinski definition) is 4. The van der Waals surface area contributed by atoms with Gasteiger partial charge in [-0.1, -0.05) is 61.3 Å². The van der Waals surface area contributed by atoms with Gasteiger partial charge < -0.3 is 15.9 Å². The maximum atomic E-state index is 11.2. The Morgan fingerprint density at radius 1 is 1.14 bits per heavy atom. The molecule has 5 N–H and O–H groups in total. The summed E-state index contributed by atoms with van der Waals surface area (Å²) in [5.41, 5.74) is 5.20. The van der Waals surface area contributed by atoms with E-state index < -0.39 is 20.6 Å². The number of hydrogen-bond acceptors (Lipinski definition) is 10. The summed E-state index contributed by atoms with van der Waals surface area (Å²) in [4.78, 5) is 27.1. The number of anilines is 1. The summed E-state index contributed by atoms with van der Waals surface area (Å²) in [5.74, 6) is -0.00264. The molecular weight excluding hydrogens is 504 g/mol. The molecular formula is C24H27ClN6O6. The molecule has 0 amide bonds. The molecule has 0 saturated carbocycles. The second-order valence-electron chi connectivity index (χ2n) is 8.27. The zero-order valence-corrected chi connectivity index (χ0v) is 20.8. The van der Waals surface area contributed by atoms with Crippen molar-refractivity contribution >= 4 is 45.9 Å². The third kappa shape index (κ3) is 5.37. The number of aryl methyl sites for hydroxylation is 1. The smallest absolute Gasteiger partial charge is 0.395 e. The molecule has 37 heavy (non-hydrogen) atoms. The first-order valence-corrected chi connectivity index (χ1v) is 11.9. The van der Waals surface area contributed by atoms with Gasteiger partial charge in [-0.15, -0.1) is 0 Å². The fourth-order valence-electron chi connectivity index (χ4n) is 4.06. The van der Waals surface area contributed by atoms with Gasteiger partial charge in [0, 0.05) is 23.1 Å². The van der Waals surface area contributed by atoms with Crippen molar-refractivity contribution in [1.82, 2.24) is 10.3 Å². The van der Waals surface area contributed by atoms with E-state index in [1.54, 1.807) is 24.3 Å². The number of nitrogens with one attached hydrogen (secondary N) is 1. The number of nitrogens with zero attached hydrogens (tertiary/aromatic N) is 4. The average molecular weight is 531 g/mol. The van der Waals surface area contributed by atoms with E-state index in [4.69, 9.17) is 22.4 Å². The lowest BCUT2D eigenvalue weighted by atomic mass is 9.92. The van der Waals surface area contributed by atoms with Gasteiger partial charge in [-0.2, -0.15) is 0 Å². The van der Waals surface area contributed by atoms with Crippen LogP contribution in [0.4, 0.5) is 17.2 Å². The van der Waals surface area contributed by atoms with Crippen LogP contribution in [0, 0.1) is 20.2 Å². The largest absolute Gasteiger partial charge is 0.396 e. The number of nitro groups is 2. The van der Waals surface area contributed by atoms with E-state index in [1.807, 2.05) is 31.2 Å². The first-order chi connectivity index (χ1) is 17.6. The van der Waals surface area contributed by atoms with Crippen LogP contribution in [0.3, 0.4) is 0 Å². The maximum absolute atomic E-state index is 11.2. The number of pyridine rings is 1. The highest BCUT2D eigenvalue weighted by Crippen LogP contribution is 2.44. The minimum Gasteiger partial charge on any atom is -0.396 e. The van der Waals surface area contributed by atoms with E-state index in [9.17, 15) is 25.3 Å². The first-order valence-electron chi connectivity index (χ1n) is 11.5. The van der Waals surface area contributed by atoms with E-state index >= 15 is 0 Å². The van der Waals surface area contributed by atoms with Gasteiger partial charge in [-0.05, 0) is 31.5 Å². The number of nitrogen functional groups attached to an aromatic ring is 1. The van der Waals surface area contributed by atoms with Crippen molar-refractivity contribution < 1.29 is 20.1 Å². The third-order valence-corrected chi connectivity index (χ3v) is 6.44. The molecule has 0 radical (unpaired) electrons. The second-order valence-corrected chi connectivity index (χ2v) is 8.84. The fourth-order valence-corrected chi connectivity index (χ4v) is 4.43. The Hall–Kier alpha value is -3.71. The van der Waals surface area contributed by atoms with Crippen LogP contribution in [0.25, 0.3) is 10.9 Å². The Labute approximate surface area is 217 Å². The quantitative estimate of drug-likeness (QED) is 0.0843. The average Bonchev–Trinajstić information content (AvgIpc) is 2.87. The topological polar surface area (TPSA) is 190 Å². The number of fused-ring (bicyclic) bond motifs is 2. The summed E-state index contributed by atoms with van der Waals surface area (Å²) in [5, 5.41) is 45.0. The van der Waals surface area contributed by atoms with Crippen LogP contribution < -0.4 is 11.1 Å². The molecule has 2 heterocycles. The molecule has 0 spiro atoms. The molecule has 12 nitrogen and oxygen atoms in total. The molecule has 2 aromatic carbocycles. The minimum atomic E-state index is -2.57. The van der Waals surface area contributed by atoms with Gasteiger partial charge in [0.05, 0.1) is 21.1 Å². The van der Waals surface area contributed by atoms with Gasteiger partial charge in [0.15, 0.2) is 0 Å². The van der Waals surface area contributed by atoms with Crippen molar-refractivity contribution in [2.75, 3.05) is 18.9 Å². The van der Waals surface area contributed by atoms with Gasteiger partial charge in [-0.25, -0.2) is 4.98 Å². The highest BCUT2D eigenvalue weighted by Gasteiger charge is 2.62. The Bertz CT molecular complexity index is 1340. The summed E-state index contributed by atoms with van der Waals surface area (Å²) >= 11 is 6.37. The summed E-state index contributed by atoms with van der Waals surface area (Å²) in [7, 11) is 0. The van der Waals surface area contributed by atoms with Crippen molar-refractivity contribution in [1.29, 1.82) is 0 Å². The predicted octanol–water partition coefficient (Wildman–Crippen LogP) is 3.41. The number of aliphatic imine (C=N–C) groups is 1. The summed E-state index contributed by atoms with van der Waals surface area (Å²) in [6, 6.07) is 14.0. The van der Waals surface area contributed by atoms with Crippen LogP contribution in [0.1, 0.15) is 30.9 Å². The molecule has 13 heteroatoms. The number of aliphatic hydroxyl groups excluding tert-OH is 1. The molecule has 4 rings (SSSR count). The Morgan fingerprint density at radius 2 is 1.81 bits per heavy atom. The zero-order chi connectivity index (χ0) is 27.2. The number of rotatable bonds is 8. The van der Waals surface area contributed by atoms with E-state index in [0.29, 0.717) is 35.2 Å². The summed E-state index contributed by atoms with van der Waals surface area (Å²) < 4.78 is 0. The van der Waals surface area contributed by atoms with Gasteiger partial charge in [0.25, 0.3) is 0 Å². The molecule has 0 aliphatic carbocycles. The van der Waals surface area contributed by atoms with Gasteiger partial charge in [-0.3, -0.25) is 30.5 Å². The molecule has 196 valence electrons. The number of benzene rings is 2. The lowest BCUT2D eigenvalue weighted by Crippen LogP contribution is -2.63. The normalized spacial score (nSPS) is 20.1. The van der Waals surface area contributed by atoms with Crippen LogP contribution in [0.5, 0.6) is 0 Å². The van der Waals surface area contributed by atoms with Crippen molar-refractivity contribution in [3.8, 4) is 0 Å². The van der Waals surface area contributed by atoms with E-state index in [1.165, 1.54) is 0 Å². The molecule has 0 bridgehead atoms. The Kier molecular flexibility index (Phi) is 8.71. The molecule has 0 fully saturated rings. The molecule has 2 unspecified atom stereocenters. The number of halogens is 1. The Morgan fingerprint density at radius 3 is 2.46 bits per heavy atom. The highest BCUT2D eigenvalue weighted by atomic mass is 35.5. The third-order valence-electron chi connectivity index (χ3n) is 5.83. The van der Waals surface area contributed by atoms with Crippen LogP contribution in [-0.2, 0) is 11.4 Å². The molecule has 0 saturated heterocycles. The molecule has 1 aliphatic rings. The zero-order valence-electron chi connectivity index (χ0n) is 20.0. The van der Waals surface area contributed by atoms with Crippen LogP contribution >= 0.6 is 11.6 Å². The van der Waals surface area contributed by atoms with Crippen molar-refractivity contribution in [2.24, 2.45) is 4.99 Å².